The van der Waals surface area contributed by atoms with E-state index in [0.29, 0.717) is 5.88 Å². The molecule has 1 aromatic carbocycles. The highest BCUT2D eigenvalue weighted by Crippen LogP contribution is 2.24. The number of hydrogen-bond acceptors (Lipinski definition) is 3. The van der Waals surface area contributed by atoms with Crippen LogP contribution in [0.3, 0.4) is 0 Å². The van der Waals surface area contributed by atoms with E-state index in [2.05, 4.69) is 4.90 Å². The third-order valence-electron chi connectivity index (χ3n) is 2.39. The number of methoxy groups -OCH3 is 2. The maximum atomic E-state index is 5.70. The molecule has 4 heteroatoms. The molecule has 0 unspecified atom stereocenters. The molecule has 3 nitrogen and oxygen atoms in total. The lowest BCUT2D eigenvalue weighted by atomic mass is 10.2. The van der Waals surface area contributed by atoms with E-state index < -0.39 is 0 Å². The molecule has 0 N–H and O–H groups in total. The van der Waals surface area contributed by atoms with Gasteiger partial charge < -0.3 is 14.4 Å². The zero-order chi connectivity index (χ0) is 12.0. The van der Waals surface area contributed by atoms with Crippen LogP contribution in [0.1, 0.15) is 5.56 Å². The molecule has 0 fully saturated rings. The van der Waals surface area contributed by atoms with Crippen LogP contribution in [0, 0.1) is 0 Å². The summed E-state index contributed by atoms with van der Waals surface area (Å²) in [6.07, 6.45) is 0. The average Bonchev–Trinajstić information content (AvgIpc) is 2.29. The van der Waals surface area contributed by atoms with Crippen LogP contribution >= 0.6 is 11.6 Å². The predicted octanol–water partition coefficient (Wildman–Crippen LogP) is 2.37. The van der Waals surface area contributed by atoms with E-state index >= 15 is 0 Å². The van der Waals surface area contributed by atoms with Gasteiger partial charge in [-0.3, -0.25) is 0 Å². The summed E-state index contributed by atoms with van der Waals surface area (Å²) in [6, 6.07) is 5.80. The second-order valence-electron chi connectivity index (χ2n) is 3.60. The molecule has 0 bridgehead atoms. The van der Waals surface area contributed by atoms with Crippen LogP contribution in [0.4, 0.5) is 0 Å². The quantitative estimate of drug-likeness (QED) is 0.716. The fourth-order valence-electron chi connectivity index (χ4n) is 1.52. The van der Waals surface area contributed by atoms with Crippen molar-refractivity contribution in [3.63, 3.8) is 0 Å². The molecule has 0 saturated carbocycles. The van der Waals surface area contributed by atoms with Gasteiger partial charge in [0, 0.05) is 24.5 Å². The molecule has 0 aliphatic carbocycles. The van der Waals surface area contributed by atoms with Gasteiger partial charge in [-0.15, -0.1) is 11.6 Å². The smallest absolute Gasteiger partial charge is 0.123 e. The molecule has 0 radical (unpaired) electrons. The molecule has 0 aliphatic heterocycles. The lowest BCUT2D eigenvalue weighted by Gasteiger charge is -2.17. The zero-order valence-electron chi connectivity index (χ0n) is 10.00. The fraction of sp³-hybridized carbons (Fsp3) is 0.500. The summed E-state index contributed by atoms with van der Waals surface area (Å²) >= 11 is 5.70. The van der Waals surface area contributed by atoms with Crippen molar-refractivity contribution >= 4 is 11.6 Å². The molecule has 0 amide bonds. The number of rotatable bonds is 6. The molecule has 1 aromatic rings. The van der Waals surface area contributed by atoms with Gasteiger partial charge >= 0.3 is 0 Å². The predicted molar refractivity (Wildman–Crippen MR) is 66.6 cm³/mol. The second-order valence-corrected chi connectivity index (χ2v) is 3.98. The Morgan fingerprint density at radius 3 is 2.56 bits per heavy atom. The fourth-order valence-corrected chi connectivity index (χ4v) is 1.81. The van der Waals surface area contributed by atoms with Crippen LogP contribution in [0.15, 0.2) is 18.2 Å². The highest BCUT2D eigenvalue weighted by Gasteiger charge is 2.07. The molecular formula is C12H18ClNO2. The average molecular weight is 244 g/mol. The lowest BCUT2D eigenvalue weighted by Crippen LogP contribution is -2.20. The molecule has 90 valence electrons. The summed E-state index contributed by atoms with van der Waals surface area (Å²) in [6.45, 7) is 1.65. The van der Waals surface area contributed by atoms with Crippen molar-refractivity contribution in [2.45, 2.75) is 6.54 Å². The van der Waals surface area contributed by atoms with Crippen LogP contribution < -0.4 is 9.47 Å². The van der Waals surface area contributed by atoms with Crippen molar-refractivity contribution in [1.29, 1.82) is 0 Å². The topological polar surface area (TPSA) is 21.7 Å². The summed E-state index contributed by atoms with van der Waals surface area (Å²) in [5.74, 6) is 2.35. The van der Waals surface area contributed by atoms with Crippen molar-refractivity contribution in [2.24, 2.45) is 0 Å². The number of ether oxygens (including phenoxy) is 2. The maximum Gasteiger partial charge on any atom is 0.123 e. The Balaban J connectivity index is 2.82. The van der Waals surface area contributed by atoms with Crippen LogP contribution in [-0.4, -0.2) is 38.6 Å². The summed E-state index contributed by atoms with van der Waals surface area (Å²) < 4.78 is 10.5. The van der Waals surface area contributed by atoms with Crippen LogP contribution in [0.25, 0.3) is 0 Å². The third kappa shape index (κ3) is 3.58. The second kappa shape index (κ2) is 6.61. The van der Waals surface area contributed by atoms with E-state index in [4.69, 9.17) is 21.1 Å². The van der Waals surface area contributed by atoms with E-state index in [9.17, 15) is 0 Å². The van der Waals surface area contributed by atoms with Crippen molar-refractivity contribution < 1.29 is 9.47 Å². The third-order valence-corrected chi connectivity index (χ3v) is 2.56. The Bertz CT molecular complexity index is 331. The van der Waals surface area contributed by atoms with Gasteiger partial charge in [-0.2, -0.15) is 0 Å². The van der Waals surface area contributed by atoms with Gasteiger partial charge in [-0.05, 0) is 25.2 Å². The minimum absolute atomic E-state index is 0.628. The number of halogens is 1. The van der Waals surface area contributed by atoms with Crippen LogP contribution in [-0.2, 0) is 6.54 Å². The number of nitrogens with zero attached hydrogens (tertiary/aromatic N) is 1. The molecule has 0 spiro atoms. The first-order chi connectivity index (χ1) is 7.71. The molecule has 0 atom stereocenters. The lowest BCUT2D eigenvalue weighted by molar-refractivity contribution is 0.332. The Labute approximate surface area is 102 Å². The summed E-state index contributed by atoms with van der Waals surface area (Å²) in [7, 11) is 5.36. The standard InChI is InChI=1S/C12H18ClNO2/c1-14(7-6-13)9-10-8-11(15-2)4-5-12(10)16-3/h4-5,8H,6-7,9H2,1-3H3. The van der Waals surface area contributed by atoms with Gasteiger partial charge in [-0.1, -0.05) is 0 Å². The summed E-state index contributed by atoms with van der Waals surface area (Å²) in [5.41, 5.74) is 1.11. The number of hydrogen-bond donors (Lipinski definition) is 0. The van der Waals surface area contributed by atoms with E-state index in [1.165, 1.54) is 0 Å². The van der Waals surface area contributed by atoms with E-state index in [1.807, 2.05) is 25.2 Å². The van der Waals surface area contributed by atoms with Crippen molar-refractivity contribution in [2.75, 3.05) is 33.7 Å². The summed E-state index contributed by atoms with van der Waals surface area (Å²) in [4.78, 5) is 2.14. The first kappa shape index (κ1) is 13.1. The largest absolute Gasteiger partial charge is 0.497 e. The van der Waals surface area contributed by atoms with E-state index in [-0.39, 0.29) is 0 Å². The molecular weight excluding hydrogens is 226 g/mol. The molecule has 0 aliphatic rings. The van der Waals surface area contributed by atoms with Crippen molar-refractivity contribution in [3.8, 4) is 11.5 Å². The normalized spacial score (nSPS) is 10.6. The van der Waals surface area contributed by atoms with Crippen molar-refractivity contribution in [1.82, 2.24) is 4.90 Å². The van der Waals surface area contributed by atoms with E-state index in [0.717, 1.165) is 30.2 Å². The highest BCUT2D eigenvalue weighted by atomic mass is 35.5. The van der Waals surface area contributed by atoms with Gasteiger partial charge in [0.25, 0.3) is 0 Å². The van der Waals surface area contributed by atoms with Gasteiger partial charge in [0.1, 0.15) is 11.5 Å². The van der Waals surface area contributed by atoms with Crippen LogP contribution in [0.2, 0.25) is 0 Å². The number of alkyl halides is 1. The Morgan fingerprint density at radius 2 is 2.00 bits per heavy atom. The maximum absolute atomic E-state index is 5.70. The van der Waals surface area contributed by atoms with Gasteiger partial charge in [0.15, 0.2) is 0 Å². The monoisotopic (exact) mass is 243 g/mol. The zero-order valence-corrected chi connectivity index (χ0v) is 10.8. The van der Waals surface area contributed by atoms with Gasteiger partial charge in [-0.25, -0.2) is 0 Å². The van der Waals surface area contributed by atoms with E-state index in [1.54, 1.807) is 14.2 Å². The highest BCUT2D eigenvalue weighted by molar-refractivity contribution is 6.18. The van der Waals surface area contributed by atoms with Gasteiger partial charge in [0.05, 0.1) is 14.2 Å². The Hall–Kier alpha value is -0.930. The minimum atomic E-state index is 0.628. The Kier molecular flexibility index (Phi) is 5.43. The van der Waals surface area contributed by atoms with Crippen LogP contribution in [0.5, 0.6) is 11.5 Å². The summed E-state index contributed by atoms with van der Waals surface area (Å²) in [5, 5.41) is 0. The molecule has 1 rings (SSSR count). The number of benzene rings is 1. The molecule has 0 aromatic heterocycles. The SMILES string of the molecule is COc1ccc(OC)c(CN(C)CCCl)c1. The first-order valence-corrected chi connectivity index (χ1v) is 5.70. The molecule has 16 heavy (non-hydrogen) atoms. The first-order valence-electron chi connectivity index (χ1n) is 5.16. The molecule has 0 heterocycles. The Morgan fingerprint density at radius 1 is 1.25 bits per heavy atom. The minimum Gasteiger partial charge on any atom is -0.497 e. The molecule has 0 saturated heterocycles. The van der Waals surface area contributed by atoms with Gasteiger partial charge in [0.2, 0.25) is 0 Å². The van der Waals surface area contributed by atoms with Crippen molar-refractivity contribution in [3.05, 3.63) is 23.8 Å².